The van der Waals surface area contributed by atoms with Crippen LogP contribution in [0.15, 0.2) is 24.3 Å². The number of hydrogen-bond donors (Lipinski definition) is 4. The number of aliphatic hydroxyl groups is 3. The Morgan fingerprint density at radius 3 is 0.897 bits per heavy atom. The number of amides is 1. The fourth-order valence-corrected chi connectivity index (χ4v) is 9.99. The first kappa shape index (κ1) is 66.8. The maximum Gasteiger partial charge on any atom is 0.222 e. The fourth-order valence-electron chi connectivity index (χ4n) is 9.99. The van der Waals surface area contributed by atoms with Gasteiger partial charge in [-0.2, -0.15) is 0 Å². The number of rotatable bonds is 58. The van der Waals surface area contributed by atoms with Gasteiger partial charge in [-0.3, -0.25) is 4.79 Å². The summed E-state index contributed by atoms with van der Waals surface area (Å²) >= 11 is 0. The van der Waals surface area contributed by atoms with Crippen LogP contribution in [0.4, 0.5) is 0 Å². The molecule has 0 aliphatic rings. The molecule has 3 atom stereocenters. The molecule has 0 aliphatic heterocycles. The summed E-state index contributed by atoms with van der Waals surface area (Å²) in [6.07, 6.45) is 75.4. The van der Waals surface area contributed by atoms with Crippen LogP contribution in [0.1, 0.15) is 348 Å². The largest absolute Gasteiger partial charge is 0.394 e. The second-order valence-electron chi connectivity index (χ2n) is 21.7. The van der Waals surface area contributed by atoms with E-state index in [-0.39, 0.29) is 18.9 Å². The van der Waals surface area contributed by atoms with Crippen LogP contribution < -0.4 is 5.32 Å². The number of carbonyl (C=O) groups excluding carboxylic acids is 1. The van der Waals surface area contributed by atoms with Crippen molar-refractivity contribution in [2.45, 2.75) is 366 Å². The second-order valence-corrected chi connectivity index (χ2v) is 21.7. The van der Waals surface area contributed by atoms with Gasteiger partial charge in [0.1, 0.15) is 0 Å². The third kappa shape index (κ3) is 54.2. The van der Waals surface area contributed by atoms with E-state index < -0.39 is 18.2 Å². The van der Waals surface area contributed by atoms with Crippen molar-refractivity contribution in [2.24, 2.45) is 0 Å². The molecule has 0 aliphatic carbocycles. The van der Waals surface area contributed by atoms with Crippen molar-refractivity contribution in [3.05, 3.63) is 24.3 Å². The van der Waals surface area contributed by atoms with E-state index >= 15 is 0 Å². The molecule has 0 fully saturated rings. The Morgan fingerprint density at radius 2 is 0.618 bits per heavy atom. The molecule has 0 aromatic rings. The summed E-state index contributed by atoms with van der Waals surface area (Å²) in [7, 11) is 0. The zero-order chi connectivity index (χ0) is 49.3. The highest BCUT2D eigenvalue weighted by molar-refractivity contribution is 5.76. The third-order valence-electron chi connectivity index (χ3n) is 14.7. The number of carbonyl (C=O) groups is 1. The summed E-state index contributed by atoms with van der Waals surface area (Å²) in [5.74, 6) is -0.309. The van der Waals surface area contributed by atoms with Gasteiger partial charge in [0.2, 0.25) is 5.91 Å². The first-order valence-electron chi connectivity index (χ1n) is 31.1. The lowest BCUT2D eigenvalue weighted by atomic mass is 10.0. The van der Waals surface area contributed by atoms with Gasteiger partial charge in [0.15, 0.2) is 0 Å². The molecule has 0 spiro atoms. The molecule has 3 unspecified atom stereocenters. The van der Waals surface area contributed by atoms with Gasteiger partial charge >= 0.3 is 0 Å². The lowest BCUT2D eigenvalue weighted by molar-refractivity contribution is -0.124. The minimum absolute atomic E-state index is 0.0173. The Kier molecular flexibility index (Phi) is 57.4. The van der Waals surface area contributed by atoms with E-state index in [0.717, 1.165) is 25.7 Å². The average molecular weight is 959 g/mol. The fraction of sp³-hybridized carbons (Fsp3) is 0.921. The van der Waals surface area contributed by atoms with Crippen molar-refractivity contribution in [1.29, 1.82) is 0 Å². The molecule has 0 rings (SSSR count). The van der Waals surface area contributed by atoms with Crippen molar-refractivity contribution in [3.63, 3.8) is 0 Å². The molecular formula is C63H123NO4. The van der Waals surface area contributed by atoms with Crippen LogP contribution in [0.25, 0.3) is 0 Å². The van der Waals surface area contributed by atoms with Crippen LogP contribution >= 0.6 is 0 Å². The Labute approximate surface area is 426 Å². The highest BCUT2D eigenvalue weighted by atomic mass is 16.3. The third-order valence-corrected chi connectivity index (χ3v) is 14.7. The molecule has 0 aromatic carbocycles. The van der Waals surface area contributed by atoms with Crippen LogP contribution in [0, 0.1) is 0 Å². The van der Waals surface area contributed by atoms with Gasteiger partial charge in [-0.25, -0.2) is 0 Å². The van der Waals surface area contributed by atoms with Crippen molar-refractivity contribution >= 4 is 5.91 Å². The van der Waals surface area contributed by atoms with Gasteiger partial charge in [0, 0.05) is 0 Å². The van der Waals surface area contributed by atoms with Gasteiger partial charge in [0.25, 0.3) is 0 Å². The highest BCUT2D eigenvalue weighted by Crippen LogP contribution is 2.18. The lowest BCUT2D eigenvalue weighted by Gasteiger charge is -2.21. The number of aliphatic hydroxyl groups excluding tert-OH is 3. The molecular weight excluding hydrogens is 835 g/mol. The minimum atomic E-state index is -0.928. The predicted molar refractivity (Wildman–Crippen MR) is 301 cm³/mol. The summed E-state index contributed by atoms with van der Waals surface area (Å²) in [5, 5.41) is 33.5. The zero-order valence-corrected chi connectivity index (χ0v) is 46.3. The van der Waals surface area contributed by atoms with Crippen LogP contribution in [0.2, 0.25) is 0 Å². The van der Waals surface area contributed by atoms with E-state index in [2.05, 4.69) is 31.3 Å². The normalized spacial score (nSPS) is 13.3. The van der Waals surface area contributed by atoms with Gasteiger partial charge < -0.3 is 20.6 Å². The monoisotopic (exact) mass is 958 g/mol. The molecule has 0 bridgehead atoms. The van der Waals surface area contributed by atoms with Crippen LogP contribution in [-0.4, -0.2) is 46.1 Å². The van der Waals surface area contributed by atoms with Gasteiger partial charge in [-0.05, 0) is 44.9 Å². The number of unbranched alkanes of at least 4 members (excludes halogenated alkanes) is 47. The first-order chi connectivity index (χ1) is 33.5. The Hall–Kier alpha value is -1.17. The Balaban J connectivity index is 3.48. The topological polar surface area (TPSA) is 89.8 Å². The second kappa shape index (κ2) is 58.4. The molecule has 0 aromatic heterocycles. The van der Waals surface area contributed by atoms with Crippen molar-refractivity contribution in [2.75, 3.05) is 6.61 Å². The average Bonchev–Trinajstić information content (AvgIpc) is 3.33. The smallest absolute Gasteiger partial charge is 0.222 e. The van der Waals surface area contributed by atoms with Crippen molar-refractivity contribution in [1.82, 2.24) is 5.32 Å². The maximum atomic E-state index is 12.5. The van der Waals surface area contributed by atoms with E-state index in [1.807, 2.05) is 6.08 Å². The van der Waals surface area contributed by atoms with Gasteiger partial charge in [-0.1, -0.05) is 321 Å². The standard InChI is InChI=1S/C63H123NO4/c1-3-5-7-9-11-13-15-17-19-21-23-24-25-26-27-28-29-30-31-32-33-34-35-36-37-38-39-40-42-44-46-48-50-52-54-56-60(66)58-63(68)64-61(59-65)62(67)57-55-53-51-49-47-45-43-41-22-20-18-16-14-12-10-8-6-4-2/h30-31,55,57,60-62,65-67H,3-29,32-54,56,58-59H2,1-2H3,(H,64,68)/b31-30-,57-55+. The summed E-state index contributed by atoms with van der Waals surface area (Å²) in [4.78, 5) is 12.5. The van der Waals surface area contributed by atoms with E-state index in [1.165, 1.54) is 295 Å². The molecule has 0 saturated carbocycles. The molecule has 68 heavy (non-hydrogen) atoms. The number of hydrogen-bond acceptors (Lipinski definition) is 4. The lowest BCUT2D eigenvalue weighted by Crippen LogP contribution is -2.45. The van der Waals surface area contributed by atoms with Gasteiger partial charge in [-0.15, -0.1) is 0 Å². The summed E-state index contributed by atoms with van der Waals surface area (Å²) < 4.78 is 0. The SMILES string of the molecule is CCCCCCCCCCCCCCCCCC/C=C\CCCCCCCCCCCCCCCCCC(O)CC(=O)NC(CO)C(O)/C=C/CCCCCCCCCCCCCCCCCC. The highest BCUT2D eigenvalue weighted by Gasteiger charge is 2.20. The summed E-state index contributed by atoms with van der Waals surface area (Å²) in [6.45, 7) is 4.25. The van der Waals surface area contributed by atoms with Crippen molar-refractivity contribution < 1.29 is 20.1 Å². The van der Waals surface area contributed by atoms with Crippen LogP contribution in [-0.2, 0) is 4.79 Å². The molecule has 5 heteroatoms. The van der Waals surface area contributed by atoms with E-state index in [1.54, 1.807) is 6.08 Å². The van der Waals surface area contributed by atoms with Gasteiger partial charge in [0.05, 0.1) is 31.3 Å². The first-order valence-corrected chi connectivity index (χ1v) is 31.1. The number of nitrogens with one attached hydrogen (secondary N) is 1. The Bertz CT molecular complexity index is 1010. The van der Waals surface area contributed by atoms with E-state index in [4.69, 9.17) is 0 Å². The summed E-state index contributed by atoms with van der Waals surface area (Å²) in [5.41, 5.74) is 0. The maximum absolute atomic E-state index is 12.5. The minimum Gasteiger partial charge on any atom is -0.394 e. The quantitative estimate of drug-likeness (QED) is 0.0361. The molecule has 1 amide bonds. The molecule has 4 N–H and O–H groups in total. The summed E-state index contributed by atoms with van der Waals surface area (Å²) in [6, 6.07) is -0.743. The molecule has 0 heterocycles. The molecule has 0 radical (unpaired) electrons. The Morgan fingerprint density at radius 1 is 0.368 bits per heavy atom. The molecule has 404 valence electrons. The molecule has 5 nitrogen and oxygen atoms in total. The van der Waals surface area contributed by atoms with Crippen LogP contribution in [0.5, 0.6) is 0 Å². The van der Waals surface area contributed by atoms with Crippen molar-refractivity contribution in [3.8, 4) is 0 Å². The predicted octanol–water partition coefficient (Wildman–Crippen LogP) is 19.6. The van der Waals surface area contributed by atoms with Crippen LogP contribution in [0.3, 0.4) is 0 Å². The number of allylic oxidation sites excluding steroid dienone is 3. The van der Waals surface area contributed by atoms with E-state index in [0.29, 0.717) is 6.42 Å². The molecule has 0 saturated heterocycles. The van der Waals surface area contributed by atoms with E-state index in [9.17, 15) is 20.1 Å². The zero-order valence-electron chi connectivity index (χ0n) is 46.3.